The number of nitrogens with one attached hydrogen (secondary N) is 1. The van der Waals surface area contributed by atoms with Gasteiger partial charge in [0.25, 0.3) is 0 Å². The van der Waals surface area contributed by atoms with Crippen LogP contribution in [0, 0.1) is 11.3 Å². The van der Waals surface area contributed by atoms with Crippen molar-refractivity contribution in [2.75, 3.05) is 6.54 Å². The first-order valence-corrected chi connectivity index (χ1v) is 9.34. The van der Waals surface area contributed by atoms with E-state index in [1.54, 1.807) is 30.3 Å². The highest BCUT2D eigenvalue weighted by atomic mass is 32.2. The first-order valence-electron chi connectivity index (χ1n) is 7.86. The Hall–Kier alpha value is -3.28. The summed E-state index contributed by atoms with van der Waals surface area (Å²) in [5.74, 6) is -1.43. The maximum atomic E-state index is 12.2. The molecule has 2 rings (SSSR count). The molecule has 0 atom stereocenters. The van der Waals surface area contributed by atoms with Crippen LogP contribution >= 0.6 is 0 Å². The van der Waals surface area contributed by atoms with E-state index < -0.39 is 16.0 Å². The molecule has 0 amide bonds. The highest BCUT2D eigenvalue weighted by Gasteiger charge is 2.14. The lowest BCUT2D eigenvalue weighted by Crippen LogP contribution is -2.26. The summed E-state index contributed by atoms with van der Waals surface area (Å²) in [5.41, 5.74) is 1.48. The number of aliphatic carboxylic acids is 1. The van der Waals surface area contributed by atoms with Crippen molar-refractivity contribution in [2.45, 2.75) is 11.3 Å². The summed E-state index contributed by atoms with van der Waals surface area (Å²) >= 11 is 0. The molecule has 0 heterocycles. The van der Waals surface area contributed by atoms with Gasteiger partial charge in [-0.15, -0.1) is 0 Å². The smallest absolute Gasteiger partial charge is 0.304 e. The van der Waals surface area contributed by atoms with Crippen molar-refractivity contribution in [1.82, 2.24) is 4.72 Å². The fourth-order valence-electron chi connectivity index (χ4n) is 2.15. The third kappa shape index (κ3) is 5.88. The molecule has 0 radical (unpaired) electrons. The molecule has 0 fully saturated rings. The number of allylic oxidation sites excluding steroid dienone is 1. The second kappa shape index (κ2) is 8.89. The number of ketones is 1. The van der Waals surface area contributed by atoms with Crippen molar-refractivity contribution in [3.63, 3.8) is 0 Å². The Morgan fingerprint density at radius 3 is 2.48 bits per heavy atom. The Morgan fingerprint density at radius 1 is 1.15 bits per heavy atom. The molecule has 138 valence electrons. The van der Waals surface area contributed by atoms with Gasteiger partial charge in [-0.05, 0) is 48.0 Å². The lowest BCUT2D eigenvalue weighted by atomic mass is 10.1. The van der Waals surface area contributed by atoms with Crippen LogP contribution in [0.15, 0.2) is 59.5 Å². The maximum absolute atomic E-state index is 12.2. The molecular formula is C19H16N2O5S. The number of rotatable bonds is 8. The molecule has 0 saturated heterocycles. The lowest BCUT2D eigenvalue weighted by Gasteiger charge is -2.06. The largest absolute Gasteiger partial charge is 0.481 e. The Bertz CT molecular complexity index is 1020. The van der Waals surface area contributed by atoms with E-state index in [2.05, 4.69) is 4.72 Å². The SMILES string of the molecule is N#Cc1cccc(/C=C/C(=O)c2ccc(S(=O)(=O)NCCC(=O)O)cc2)c1. The molecule has 2 N–H and O–H groups in total. The van der Waals surface area contributed by atoms with E-state index >= 15 is 0 Å². The molecule has 0 bridgehead atoms. The van der Waals surface area contributed by atoms with E-state index in [9.17, 15) is 18.0 Å². The Labute approximate surface area is 156 Å². The summed E-state index contributed by atoms with van der Waals surface area (Å²) in [5, 5.41) is 17.4. The zero-order valence-corrected chi connectivity index (χ0v) is 14.9. The zero-order chi connectivity index (χ0) is 19.9. The first kappa shape index (κ1) is 20.0. The van der Waals surface area contributed by atoms with Gasteiger partial charge in [0.05, 0.1) is 22.9 Å². The van der Waals surface area contributed by atoms with Crippen LogP contribution in [0.1, 0.15) is 27.9 Å². The van der Waals surface area contributed by atoms with Crippen LogP contribution in [0.25, 0.3) is 6.08 Å². The van der Waals surface area contributed by atoms with Crippen molar-refractivity contribution in [3.05, 3.63) is 71.3 Å². The number of nitrogens with zero attached hydrogens (tertiary/aromatic N) is 1. The van der Waals surface area contributed by atoms with E-state index in [1.807, 2.05) is 6.07 Å². The number of carboxylic acid groups (broad SMARTS) is 1. The summed E-state index contributed by atoms with van der Waals surface area (Å²) in [6.45, 7) is -0.219. The van der Waals surface area contributed by atoms with Gasteiger partial charge in [0.15, 0.2) is 5.78 Å². The van der Waals surface area contributed by atoms with Crippen molar-refractivity contribution in [3.8, 4) is 6.07 Å². The second-order valence-corrected chi connectivity index (χ2v) is 7.27. The molecule has 0 spiro atoms. The number of carbonyl (C=O) groups excluding carboxylic acids is 1. The van der Waals surface area contributed by atoms with E-state index in [0.29, 0.717) is 16.7 Å². The van der Waals surface area contributed by atoms with E-state index in [0.717, 1.165) is 0 Å². The maximum Gasteiger partial charge on any atom is 0.304 e. The average molecular weight is 384 g/mol. The Balaban J connectivity index is 2.07. The van der Waals surface area contributed by atoms with Crippen LogP contribution in [-0.2, 0) is 14.8 Å². The Morgan fingerprint density at radius 2 is 1.85 bits per heavy atom. The van der Waals surface area contributed by atoms with Crippen LogP contribution in [0.5, 0.6) is 0 Å². The van der Waals surface area contributed by atoms with Crippen LogP contribution in [-0.4, -0.2) is 31.8 Å². The molecule has 0 aliphatic rings. The summed E-state index contributed by atoms with van der Waals surface area (Å²) in [4.78, 5) is 22.6. The highest BCUT2D eigenvalue weighted by molar-refractivity contribution is 7.89. The van der Waals surface area contributed by atoms with Gasteiger partial charge in [-0.3, -0.25) is 9.59 Å². The van der Waals surface area contributed by atoms with E-state index in [4.69, 9.17) is 10.4 Å². The van der Waals surface area contributed by atoms with Gasteiger partial charge >= 0.3 is 5.97 Å². The number of carboxylic acids is 1. The van der Waals surface area contributed by atoms with E-state index in [-0.39, 0.29) is 23.6 Å². The third-order valence-corrected chi connectivity index (χ3v) is 5.00. The molecule has 0 saturated carbocycles. The number of sulfonamides is 1. The lowest BCUT2D eigenvalue weighted by molar-refractivity contribution is -0.136. The monoisotopic (exact) mass is 384 g/mol. The Kier molecular flexibility index (Phi) is 6.60. The second-order valence-electron chi connectivity index (χ2n) is 5.50. The highest BCUT2D eigenvalue weighted by Crippen LogP contribution is 2.13. The number of benzene rings is 2. The van der Waals surface area contributed by atoms with Gasteiger partial charge in [0, 0.05) is 12.1 Å². The van der Waals surface area contributed by atoms with E-state index in [1.165, 1.54) is 30.3 Å². The van der Waals surface area contributed by atoms with Crippen LogP contribution in [0.3, 0.4) is 0 Å². The standard InChI is InChI=1S/C19H16N2O5S/c20-13-15-3-1-2-14(12-15)4-9-18(22)16-5-7-17(8-6-16)27(25,26)21-11-10-19(23)24/h1-9,12,21H,10-11H2,(H,23,24)/b9-4+. The average Bonchev–Trinajstić information content (AvgIpc) is 2.66. The molecule has 0 aliphatic heterocycles. The normalized spacial score (nSPS) is 11.2. The predicted molar refractivity (Wildman–Crippen MR) is 98.4 cm³/mol. The fourth-order valence-corrected chi connectivity index (χ4v) is 3.19. The minimum absolute atomic E-state index is 0.0601. The minimum Gasteiger partial charge on any atom is -0.481 e. The summed E-state index contributed by atoms with van der Waals surface area (Å²) < 4.78 is 26.3. The molecule has 27 heavy (non-hydrogen) atoms. The molecule has 0 aromatic heterocycles. The van der Waals surface area contributed by atoms with Crippen molar-refractivity contribution in [1.29, 1.82) is 5.26 Å². The molecule has 2 aromatic rings. The predicted octanol–water partition coefficient (Wildman–Crippen LogP) is 2.21. The number of nitriles is 1. The van der Waals surface area contributed by atoms with Crippen LogP contribution < -0.4 is 4.72 Å². The molecule has 2 aromatic carbocycles. The molecule has 7 nitrogen and oxygen atoms in total. The van der Waals surface area contributed by atoms with Gasteiger partial charge in [-0.25, -0.2) is 13.1 Å². The van der Waals surface area contributed by atoms with Crippen LogP contribution in [0.4, 0.5) is 0 Å². The molecular weight excluding hydrogens is 368 g/mol. The van der Waals surface area contributed by atoms with Gasteiger partial charge in [-0.1, -0.05) is 18.2 Å². The zero-order valence-electron chi connectivity index (χ0n) is 14.1. The number of hydrogen-bond acceptors (Lipinski definition) is 5. The molecule has 8 heteroatoms. The quantitative estimate of drug-likeness (QED) is 0.531. The van der Waals surface area contributed by atoms with Crippen molar-refractivity contribution in [2.24, 2.45) is 0 Å². The first-order chi connectivity index (χ1) is 12.8. The van der Waals surface area contributed by atoms with Gasteiger partial charge in [0.2, 0.25) is 10.0 Å². The van der Waals surface area contributed by atoms with Gasteiger partial charge < -0.3 is 5.11 Å². The van der Waals surface area contributed by atoms with Crippen molar-refractivity contribution < 1.29 is 23.1 Å². The van der Waals surface area contributed by atoms with Gasteiger partial charge in [0.1, 0.15) is 0 Å². The molecule has 0 unspecified atom stereocenters. The van der Waals surface area contributed by atoms with Crippen molar-refractivity contribution >= 4 is 27.9 Å². The van der Waals surface area contributed by atoms with Crippen LogP contribution in [0.2, 0.25) is 0 Å². The third-order valence-electron chi connectivity index (χ3n) is 3.52. The summed E-state index contributed by atoms with van der Waals surface area (Å²) in [6, 6.07) is 14.1. The van der Waals surface area contributed by atoms with Gasteiger partial charge in [-0.2, -0.15) is 5.26 Å². The number of carbonyl (C=O) groups is 2. The number of hydrogen-bond donors (Lipinski definition) is 2. The summed E-state index contributed by atoms with van der Waals surface area (Å²) in [6.07, 6.45) is 2.58. The summed E-state index contributed by atoms with van der Waals surface area (Å²) in [7, 11) is -3.83. The minimum atomic E-state index is -3.83. The molecule has 0 aliphatic carbocycles. The fraction of sp³-hybridized carbons (Fsp3) is 0.105. The topological polar surface area (TPSA) is 124 Å².